The number of carboxylic acids is 1. The zero-order valence-electron chi connectivity index (χ0n) is 18.4. The molecule has 35 heavy (non-hydrogen) atoms. The Kier molecular flexibility index (Phi) is 6.22. The van der Waals surface area contributed by atoms with Crippen LogP contribution in [0.4, 0.5) is 0 Å². The Labute approximate surface area is 198 Å². The second kappa shape index (κ2) is 9.33. The van der Waals surface area contributed by atoms with E-state index in [2.05, 4.69) is 26.1 Å². The highest BCUT2D eigenvalue weighted by atomic mass is 16.7. The maximum Gasteiger partial charge on any atom is 0.335 e. The number of ether oxygens (including phenoxy) is 2. The Morgan fingerprint density at radius 1 is 1.26 bits per heavy atom. The van der Waals surface area contributed by atoms with Gasteiger partial charge in [0.25, 0.3) is 0 Å². The lowest BCUT2D eigenvalue weighted by molar-refractivity contribution is -0.303. The smallest absolute Gasteiger partial charge is 0.335 e. The first kappa shape index (κ1) is 23.3. The highest BCUT2D eigenvalue weighted by molar-refractivity contribution is 5.89. The number of aromatic amines is 1. The first-order valence-electron chi connectivity index (χ1n) is 11.2. The van der Waals surface area contributed by atoms with Crippen molar-refractivity contribution >= 4 is 17.0 Å². The van der Waals surface area contributed by atoms with Crippen LogP contribution in [0, 0.1) is 17.2 Å². The molecule has 13 heteroatoms. The van der Waals surface area contributed by atoms with E-state index in [1.54, 1.807) is 23.3 Å². The van der Waals surface area contributed by atoms with E-state index in [0.29, 0.717) is 30.6 Å². The molecule has 4 heterocycles. The molecular weight excluding hydrogens is 460 g/mol. The van der Waals surface area contributed by atoms with Gasteiger partial charge in [-0.15, -0.1) is 0 Å². The normalized spacial score (nSPS) is 31.9. The Bertz CT molecular complexity index is 1250. The van der Waals surface area contributed by atoms with Crippen LogP contribution in [0.15, 0.2) is 31.0 Å². The van der Waals surface area contributed by atoms with Crippen LogP contribution in [0.25, 0.3) is 22.3 Å². The maximum absolute atomic E-state index is 11.3. The van der Waals surface area contributed by atoms with E-state index in [1.165, 1.54) is 6.33 Å². The number of hydrogen-bond acceptors (Lipinski definition) is 10. The predicted molar refractivity (Wildman–Crippen MR) is 116 cm³/mol. The lowest BCUT2D eigenvalue weighted by Gasteiger charge is -2.39. The van der Waals surface area contributed by atoms with Gasteiger partial charge in [-0.3, -0.25) is 4.68 Å². The summed E-state index contributed by atoms with van der Waals surface area (Å²) in [5.74, 6) is -1.59. The van der Waals surface area contributed by atoms with E-state index in [9.17, 15) is 30.5 Å². The van der Waals surface area contributed by atoms with Gasteiger partial charge in [-0.1, -0.05) is 0 Å². The van der Waals surface area contributed by atoms with E-state index in [0.717, 1.165) is 10.9 Å². The molecule has 1 aliphatic heterocycles. The maximum atomic E-state index is 11.3. The Morgan fingerprint density at radius 3 is 2.86 bits per heavy atom. The molecule has 8 atom stereocenters. The zero-order chi connectivity index (χ0) is 24.7. The van der Waals surface area contributed by atoms with E-state index < -0.39 is 48.8 Å². The Hall–Kier alpha value is -3.41. The lowest BCUT2D eigenvalue weighted by Crippen LogP contribution is -2.60. The summed E-state index contributed by atoms with van der Waals surface area (Å²) in [7, 11) is 0. The number of nitrogens with zero attached hydrogens (tertiary/aromatic N) is 5. The van der Waals surface area contributed by atoms with Crippen LogP contribution in [0.5, 0.6) is 0 Å². The lowest BCUT2D eigenvalue weighted by atomic mass is 9.98. The van der Waals surface area contributed by atoms with Crippen LogP contribution in [-0.4, -0.2) is 87.9 Å². The molecular formula is C22H24N6O7. The van der Waals surface area contributed by atoms with E-state index in [4.69, 9.17) is 9.47 Å². The fourth-order valence-electron chi connectivity index (χ4n) is 4.83. The van der Waals surface area contributed by atoms with Crippen LogP contribution < -0.4 is 0 Å². The molecule has 5 N–H and O–H groups in total. The summed E-state index contributed by atoms with van der Waals surface area (Å²) >= 11 is 0. The number of hydrogen-bond donors (Lipinski definition) is 5. The first-order chi connectivity index (χ1) is 16.9. The van der Waals surface area contributed by atoms with Crippen molar-refractivity contribution in [2.75, 3.05) is 0 Å². The number of aliphatic hydroxyl groups excluding tert-OH is 3. The van der Waals surface area contributed by atoms with Gasteiger partial charge in [0.1, 0.15) is 36.3 Å². The molecule has 2 aliphatic rings. The quantitative estimate of drug-likeness (QED) is 0.314. The van der Waals surface area contributed by atoms with Gasteiger partial charge in [-0.2, -0.15) is 10.4 Å². The van der Waals surface area contributed by atoms with Crippen LogP contribution >= 0.6 is 0 Å². The summed E-state index contributed by atoms with van der Waals surface area (Å²) < 4.78 is 12.6. The van der Waals surface area contributed by atoms with Gasteiger partial charge >= 0.3 is 5.97 Å². The highest BCUT2D eigenvalue weighted by Crippen LogP contribution is 2.38. The molecule has 0 bridgehead atoms. The minimum atomic E-state index is -1.78. The number of carboxylic acid groups (broad SMARTS) is 1. The minimum Gasteiger partial charge on any atom is -0.479 e. The molecule has 0 amide bonds. The fourth-order valence-corrected chi connectivity index (χ4v) is 4.83. The van der Waals surface area contributed by atoms with Gasteiger partial charge in [0.05, 0.1) is 24.1 Å². The zero-order valence-corrected chi connectivity index (χ0v) is 18.4. The van der Waals surface area contributed by atoms with E-state index in [-0.39, 0.29) is 5.92 Å². The third kappa shape index (κ3) is 4.26. The van der Waals surface area contributed by atoms with Crippen molar-refractivity contribution in [3.05, 3.63) is 31.0 Å². The van der Waals surface area contributed by atoms with Crippen molar-refractivity contribution in [1.82, 2.24) is 24.7 Å². The third-order valence-electron chi connectivity index (χ3n) is 6.66. The van der Waals surface area contributed by atoms with Gasteiger partial charge in [0, 0.05) is 23.3 Å². The number of carbonyl (C=O) groups is 1. The molecule has 0 aromatic carbocycles. The summed E-state index contributed by atoms with van der Waals surface area (Å²) in [5.41, 5.74) is 2.14. The number of aromatic nitrogens is 5. The van der Waals surface area contributed by atoms with Crippen molar-refractivity contribution < 1.29 is 34.7 Å². The molecule has 1 saturated heterocycles. The number of nitrogens with one attached hydrogen (secondary N) is 1. The molecule has 0 spiro atoms. The summed E-state index contributed by atoms with van der Waals surface area (Å²) in [6, 6.07) is 3.58. The molecule has 13 nitrogen and oxygen atoms in total. The molecule has 184 valence electrons. The molecule has 3 aromatic rings. The summed E-state index contributed by atoms with van der Waals surface area (Å²) in [5, 5.41) is 54.4. The third-order valence-corrected chi connectivity index (χ3v) is 6.66. The minimum absolute atomic E-state index is 0.123. The molecule has 3 aromatic heterocycles. The summed E-state index contributed by atoms with van der Waals surface area (Å²) in [6.07, 6.45) is -0.461. The number of aliphatic hydroxyl groups is 3. The second-order valence-electron chi connectivity index (χ2n) is 8.81. The van der Waals surface area contributed by atoms with Crippen LogP contribution in [0.3, 0.4) is 0 Å². The first-order valence-corrected chi connectivity index (χ1v) is 11.2. The van der Waals surface area contributed by atoms with Gasteiger partial charge in [0.2, 0.25) is 0 Å². The summed E-state index contributed by atoms with van der Waals surface area (Å²) in [6.45, 7) is 0. The SMILES string of the molecule is N#CC(C1CCC(OC2OC(C(=O)O)C(O)C(O)C2O)C1)n1cc(-c2ncnc3[nH]ccc23)cn1. The number of aliphatic carboxylic acids is 1. The van der Waals surface area contributed by atoms with Gasteiger partial charge in [0.15, 0.2) is 12.4 Å². The largest absolute Gasteiger partial charge is 0.479 e. The molecule has 0 radical (unpaired) electrons. The number of nitriles is 1. The van der Waals surface area contributed by atoms with Gasteiger partial charge in [-0.25, -0.2) is 14.8 Å². The van der Waals surface area contributed by atoms with Gasteiger partial charge < -0.3 is 34.9 Å². The van der Waals surface area contributed by atoms with Crippen molar-refractivity contribution in [2.45, 2.75) is 62.1 Å². The van der Waals surface area contributed by atoms with E-state index in [1.807, 2.05) is 6.07 Å². The van der Waals surface area contributed by atoms with Crippen molar-refractivity contribution in [2.24, 2.45) is 5.92 Å². The second-order valence-corrected chi connectivity index (χ2v) is 8.81. The summed E-state index contributed by atoms with van der Waals surface area (Å²) in [4.78, 5) is 22.9. The average Bonchev–Trinajstić information content (AvgIpc) is 3.61. The molecule has 1 saturated carbocycles. The Morgan fingerprint density at radius 2 is 2.09 bits per heavy atom. The fraction of sp³-hybridized carbons (Fsp3) is 0.500. The number of rotatable bonds is 6. The van der Waals surface area contributed by atoms with Crippen LogP contribution in [0.1, 0.15) is 25.3 Å². The van der Waals surface area contributed by atoms with Crippen molar-refractivity contribution in [1.29, 1.82) is 5.26 Å². The average molecular weight is 484 g/mol. The molecule has 5 rings (SSSR count). The van der Waals surface area contributed by atoms with Crippen LogP contribution in [-0.2, 0) is 14.3 Å². The van der Waals surface area contributed by atoms with Crippen molar-refractivity contribution in [3.63, 3.8) is 0 Å². The molecule has 8 unspecified atom stereocenters. The Balaban J connectivity index is 1.27. The molecule has 2 fully saturated rings. The van der Waals surface area contributed by atoms with Crippen LogP contribution in [0.2, 0.25) is 0 Å². The standard InChI is InChI=1S/C22H24N6O7/c23-6-14(28-8-11(7-27-28)15-13-3-4-24-20(13)26-9-25-15)10-1-2-12(5-10)34-22-18(31)16(29)17(30)19(35-22)21(32)33/h3-4,7-10,12,14,16-19,22,29-31H,1-2,5H2,(H,32,33)(H,24,25,26). The topological polar surface area (TPSA) is 200 Å². The highest BCUT2D eigenvalue weighted by Gasteiger charge is 2.48. The predicted octanol–water partition coefficient (Wildman–Crippen LogP) is -0.0364. The number of H-pyrrole nitrogens is 1. The number of fused-ring (bicyclic) bond motifs is 1. The monoisotopic (exact) mass is 484 g/mol. The van der Waals surface area contributed by atoms with Crippen molar-refractivity contribution in [3.8, 4) is 17.3 Å². The van der Waals surface area contributed by atoms with Gasteiger partial charge in [-0.05, 0) is 31.2 Å². The van der Waals surface area contributed by atoms with E-state index >= 15 is 0 Å². The molecule has 1 aliphatic carbocycles.